The molecule has 134 valence electrons. The molecule has 0 unspecified atom stereocenters. The Labute approximate surface area is 154 Å². The van der Waals surface area contributed by atoms with Crippen LogP contribution in [0, 0.1) is 17.4 Å². The van der Waals surface area contributed by atoms with Crippen molar-refractivity contribution in [1.29, 1.82) is 5.26 Å². The maximum absolute atomic E-state index is 13.0. The van der Waals surface area contributed by atoms with Gasteiger partial charge in [-0.05, 0) is 41.5 Å². The van der Waals surface area contributed by atoms with Gasteiger partial charge in [-0.15, -0.1) is 0 Å². The third kappa shape index (κ3) is 3.04. The van der Waals surface area contributed by atoms with Crippen molar-refractivity contribution >= 4 is 15.7 Å². The number of benzene rings is 2. The monoisotopic (exact) mass is 367 g/mol. The van der Waals surface area contributed by atoms with Crippen LogP contribution in [0.25, 0.3) is 11.1 Å². The summed E-state index contributed by atoms with van der Waals surface area (Å²) < 4.78 is 27.6. The van der Waals surface area contributed by atoms with Crippen molar-refractivity contribution in [3.63, 3.8) is 0 Å². The summed E-state index contributed by atoms with van der Waals surface area (Å²) in [5.41, 5.74) is 4.13. The Morgan fingerprint density at radius 3 is 2.62 bits per heavy atom. The van der Waals surface area contributed by atoms with E-state index in [-0.39, 0.29) is 11.7 Å². The molecule has 0 aliphatic carbocycles. The molecule has 1 fully saturated rings. The van der Waals surface area contributed by atoms with Crippen LogP contribution in [0.15, 0.2) is 48.5 Å². The summed E-state index contributed by atoms with van der Waals surface area (Å²) >= 11 is 0. The van der Waals surface area contributed by atoms with Crippen LogP contribution in [0.4, 0.5) is 5.69 Å². The summed E-state index contributed by atoms with van der Waals surface area (Å²) in [4.78, 5) is 1.64. The SMILES string of the molecule is N#CN1CC[C@@H](CS(=O)(=O)N2CCc3c(-c4ccccc4)cccc32)C1. The maximum atomic E-state index is 13.0. The van der Waals surface area contributed by atoms with Crippen LogP contribution in [-0.2, 0) is 16.4 Å². The predicted molar refractivity (Wildman–Crippen MR) is 102 cm³/mol. The summed E-state index contributed by atoms with van der Waals surface area (Å²) in [6.45, 7) is 1.70. The molecule has 5 nitrogen and oxygen atoms in total. The number of hydrogen-bond acceptors (Lipinski definition) is 4. The van der Waals surface area contributed by atoms with Crippen LogP contribution >= 0.6 is 0 Å². The lowest BCUT2D eigenvalue weighted by Crippen LogP contribution is -2.34. The van der Waals surface area contributed by atoms with E-state index in [9.17, 15) is 8.42 Å². The standard InChI is InChI=1S/C20H21N3O2S/c21-15-22-11-9-16(13-22)14-26(24,25)23-12-10-19-18(7-4-8-20(19)23)17-5-2-1-3-6-17/h1-8,16H,9-14H2/t16-/m1/s1. The maximum Gasteiger partial charge on any atom is 0.235 e. The molecule has 1 saturated heterocycles. The Bertz CT molecular complexity index is 951. The molecule has 0 aromatic heterocycles. The number of anilines is 1. The van der Waals surface area contributed by atoms with Crippen molar-refractivity contribution < 1.29 is 8.42 Å². The van der Waals surface area contributed by atoms with Gasteiger partial charge in [0.25, 0.3) is 0 Å². The zero-order chi connectivity index (χ0) is 18.1. The molecular weight excluding hydrogens is 346 g/mol. The Kier molecular flexibility index (Phi) is 4.33. The molecule has 2 aromatic carbocycles. The van der Waals surface area contributed by atoms with Gasteiger partial charge in [-0.1, -0.05) is 42.5 Å². The van der Waals surface area contributed by atoms with Gasteiger partial charge in [-0.2, -0.15) is 5.26 Å². The van der Waals surface area contributed by atoms with E-state index >= 15 is 0 Å². The molecule has 2 aromatic rings. The van der Waals surface area contributed by atoms with Crippen molar-refractivity contribution in [3.8, 4) is 17.3 Å². The van der Waals surface area contributed by atoms with E-state index in [2.05, 4.69) is 24.4 Å². The largest absolute Gasteiger partial charge is 0.310 e. The average Bonchev–Trinajstić information content (AvgIpc) is 3.28. The normalized spacial score (nSPS) is 19.4. The molecule has 0 bridgehead atoms. The van der Waals surface area contributed by atoms with Gasteiger partial charge in [0, 0.05) is 19.6 Å². The molecule has 2 heterocycles. The highest BCUT2D eigenvalue weighted by atomic mass is 32.2. The van der Waals surface area contributed by atoms with E-state index in [1.54, 1.807) is 9.21 Å². The van der Waals surface area contributed by atoms with Crippen LogP contribution in [-0.4, -0.2) is 38.7 Å². The second-order valence-electron chi connectivity index (χ2n) is 6.97. The number of nitrogens with zero attached hydrogens (tertiary/aromatic N) is 3. The van der Waals surface area contributed by atoms with E-state index in [0.717, 1.165) is 35.2 Å². The van der Waals surface area contributed by atoms with Crippen LogP contribution in [0.2, 0.25) is 0 Å². The molecule has 26 heavy (non-hydrogen) atoms. The second-order valence-corrected chi connectivity index (χ2v) is 8.91. The van der Waals surface area contributed by atoms with Crippen LogP contribution < -0.4 is 4.31 Å². The minimum absolute atomic E-state index is 0.0287. The van der Waals surface area contributed by atoms with Crippen LogP contribution in [0.5, 0.6) is 0 Å². The number of sulfonamides is 1. The summed E-state index contributed by atoms with van der Waals surface area (Å²) in [5.74, 6) is 0.140. The van der Waals surface area contributed by atoms with Crippen molar-refractivity contribution in [2.45, 2.75) is 12.8 Å². The van der Waals surface area contributed by atoms with Gasteiger partial charge in [0.2, 0.25) is 10.0 Å². The molecule has 0 spiro atoms. The van der Waals surface area contributed by atoms with Crippen LogP contribution in [0.1, 0.15) is 12.0 Å². The minimum atomic E-state index is -3.39. The Balaban J connectivity index is 1.61. The number of likely N-dealkylation sites (tertiary alicyclic amines) is 1. The molecule has 2 aliphatic heterocycles. The summed E-state index contributed by atoms with van der Waals surface area (Å²) in [7, 11) is -3.39. The fourth-order valence-corrected chi connectivity index (χ4v) is 5.92. The van der Waals surface area contributed by atoms with E-state index in [0.29, 0.717) is 19.6 Å². The lowest BCUT2D eigenvalue weighted by molar-refractivity contribution is 0.464. The predicted octanol–water partition coefficient (Wildman–Crippen LogP) is 2.85. The molecule has 4 rings (SSSR count). The fourth-order valence-electron chi connectivity index (χ4n) is 4.03. The van der Waals surface area contributed by atoms with Gasteiger partial charge in [0.1, 0.15) is 0 Å². The lowest BCUT2D eigenvalue weighted by Gasteiger charge is -2.22. The molecule has 6 heteroatoms. The highest BCUT2D eigenvalue weighted by molar-refractivity contribution is 7.92. The number of fused-ring (bicyclic) bond motifs is 1. The van der Waals surface area contributed by atoms with E-state index in [1.807, 2.05) is 30.3 Å². The van der Waals surface area contributed by atoms with Gasteiger partial charge in [0.15, 0.2) is 6.19 Å². The molecular formula is C20H21N3O2S. The van der Waals surface area contributed by atoms with Crippen molar-refractivity contribution in [2.75, 3.05) is 29.7 Å². The zero-order valence-corrected chi connectivity index (χ0v) is 15.3. The fraction of sp³-hybridized carbons (Fsp3) is 0.350. The number of hydrogen-bond donors (Lipinski definition) is 0. The first-order chi connectivity index (χ1) is 12.6. The molecule has 0 amide bonds. The van der Waals surface area contributed by atoms with Gasteiger partial charge in [-0.3, -0.25) is 4.31 Å². The van der Waals surface area contributed by atoms with Gasteiger partial charge in [0.05, 0.1) is 11.4 Å². The third-order valence-corrected chi connectivity index (χ3v) is 7.22. The van der Waals surface area contributed by atoms with Crippen LogP contribution in [0.3, 0.4) is 0 Å². The first-order valence-electron chi connectivity index (χ1n) is 8.91. The summed E-state index contributed by atoms with van der Waals surface area (Å²) in [5, 5.41) is 8.98. The van der Waals surface area contributed by atoms with Crippen molar-refractivity contribution in [2.24, 2.45) is 5.92 Å². The van der Waals surface area contributed by atoms with Crippen molar-refractivity contribution in [1.82, 2.24) is 4.90 Å². The molecule has 0 N–H and O–H groups in total. The quantitative estimate of drug-likeness (QED) is 0.780. The third-order valence-electron chi connectivity index (χ3n) is 5.28. The van der Waals surface area contributed by atoms with E-state index < -0.39 is 10.0 Å². The van der Waals surface area contributed by atoms with Gasteiger partial charge >= 0.3 is 0 Å². The Hall–Kier alpha value is -2.52. The highest BCUT2D eigenvalue weighted by Gasteiger charge is 2.34. The summed E-state index contributed by atoms with van der Waals surface area (Å²) in [6.07, 6.45) is 3.61. The van der Waals surface area contributed by atoms with E-state index in [4.69, 9.17) is 5.26 Å². The first kappa shape index (κ1) is 16.9. The van der Waals surface area contributed by atoms with E-state index in [1.165, 1.54) is 0 Å². The average molecular weight is 367 g/mol. The zero-order valence-electron chi connectivity index (χ0n) is 14.5. The topological polar surface area (TPSA) is 64.4 Å². The molecule has 0 radical (unpaired) electrons. The lowest BCUT2D eigenvalue weighted by atomic mass is 9.98. The smallest absolute Gasteiger partial charge is 0.235 e. The molecule has 0 saturated carbocycles. The highest BCUT2D eigenvalue weighted by Crippen LogP contribution is 2.38. The second kappa shape index (κ2) is 6.65. The summed E-state index contributed by atoms with van der Waals surface area (Å²) in [6, 6.07) is 16.0. The Morgan fingerprint density at radius 1 is 1.08 bits per heavy atom. The van der Waals surface area contributed by atoms with Gasteiger partial charge < -0.3 is 4.90 Å². The molecule has 1 atom stereocenters. The van der Waals surface area contributed by atoms with Crippen molar-refractivity contribution in [3.05, 3.63) is 54.1 Å². The first-order valence-corrected chi connectivity index (χ1v) is 10.5. The molecule has 2 aliphatic rings. The number of nitriles is 1. The Morgan fingerprint density at radius 2 is 1.88 bits per heavy atom. The number of rotatable bonds is 4. The van der Waals surface area contributed by atoms with Gasteiger partial charge in [-0.25, -0.2) is 8.42 Å². The minimum Gasteiger partial charge on any atom is -0.310 e.